The Balaban J connectivity index is 1.99. The van der Waals surface area contributed by atoms with Crippen LogP contribution in [0.2, 0.25) is 0 Å². The van der Waals surface area contributed by atoms with Crippen LogP contribution in [0.25, 0.3) is 0 Å². The average molecular weight is 290 g/mol. The highest BCUT2D eigenvalue weighted by Crippen LogP contribution is 2.22. The number of sulfonamides is 1. The van der Waals surface area contributed by atoms with Gasteiger partial charge in [-0.25, -0.2) is 17.5 Å². The third-order valence-electron chi connectivity index (χ3n) is 2.56. The molecule has 8 heteroatoms. The number of nitrogens with zero attached hydrogens (tertiary/aromatic N) is 1. The minimum atomic E-state index is -3.80. The topological polar surface area (TPSA) is 77.5 Å². The highest BCUT2D eigenvalue weighted by molar-refractivity contribution is 7.89. The lowest BCUT2D eigenvalue weighted by molar-refractivity contribution is -0.137. The van der Waals surface area contributed by atoms with E-state index < -0.39 is 21.6 Å². The van der Waals surface area contributed by atoms with Crippen molar-refractivity contribution in [1.82, 2.24) is 9.71 Å². The van der Waals surface area contributed by atoms with E-state index in [1.54, 1.807) is 13.8 Å². The van der Waals surface area contributed by atoms with Crippen molar-refractivity contribution in [1.29, 1.82) is 0 Å². The van der Waals surface area contributed by atoms with Crippen LogP contribution in [0.15, 0.2) is 23.4 Å². The van der Waals surface area contributed by atoms with Crippen molar-refractivity contribution in [2.24, 2.45) is 0 Å². The molecule has 0 spiro atoms. The first kappa shape index (κ1) is 14.3. The molecular formula is C11H15FN2O4S. The zero-order chi connectivity index (χ0) is 14.1. The molecular weight excluding hydrogens is 275 g/mol. The number of aromatic nitrogens is 1. The Bertz CT molecular complexity index is 562. The van der Waals surface area contributed by atoms with E-state index in [0.29, 0.717) is 6.61 Å². The maximum Gasteiger partial charge on any atom is 0.242 e. The number of hydrogen-bond acceptors (Lipinski definition) is 5. The van der Waals surface area contributed by atoms with Crippen LogP contribution < -0.4 is 4.72 Å². The molecule has 2 rings (SSSR count). The Morgan fingerprint density at radius 2 is 2.26 bits per heavy atom. The highest BCUT2D eigenvalue weighted by atomic mass is 32.2. The third-order valence-corrected chi connectivity index (χ3v) is 3.95. The molecule has 0 amide bonds. The summed E-state index contributed by atoms with van der Waals surface area (Å²) in [6.45, 7) is 3.86. The van der Waals surface area contributed by atoms with Crippen LogP contribution in [0.5, 0.6) is 0 Å². The number of hydrogen-bond donors (Lipinski definition) is 1. The summed E-state index contributed by atoms with van der Waals surface area (Å²) in [4.78, 5) is 3.29. The average Bonchev–Trinajstić information content (AvgIpc) is 2.67. The van der Waals surface area contributed by atoms with E-state index in [2.05, 4.69) is 9.71 Å². The van der Waals surface area contributed by atoms with Gasteiger partial charge in [-0.15, -0.1) is 0 Å². The lowest BCUT2D eigenvalue weighted by Crippen LogP contribution is -2.34. The normalized spacial score (nSPS) is 22.6. The molecule has 1 atom stereocenters. The van der Waals surface area contributed by atoms with Gasteiger partial charge in [-0.3, -0.25) is 4.98 Å². The molecule has 106 valence electrons. The maximum atomic E-state index is 12.9. The zero-order valence-corrected chi connectivity index (χ0v) is 11.4. The van der Waals surface area contributed by atoms with E-state index in [0.717, 1.165) is 18.5 Å². The minimum absolute atomic E-state index is 0.0578. The van der Waals surface area contributed by atoms with Crippen molar-refractivity contribution in [2.75, 3.05) is 13.2 Å². The van der Waals surface area contributed by atoms with Gasteiger partial charge in [-0.2, -0.15) is 0 Å². The first-order valence-corrected chi connectivity index (χ1v) is 7.19. The van der Waals surface area contributed by atoms with Gasteiger partial charge in [0.1, 0.15) is 10.7 Å². The lowest BCUT2D eigenvalue weighted by Gasteiger charge is -2.17. The van der Waals surface area contributed by atoms with E-state index in [1.165, 1.54) is 0 Å². The predicted octanol–water partition coefficient (Wildman–Crippen LogP) is 0.650. The molecule has 1 fully saturated rings. The van der Waals surface area contributed by atoms with E-state index in [9.17, 15) is 12.8 Å². The van der Waals surface area contributed by atoms with Gasteiger partial charge in [0.15, 0.2) is 5.79 Å². The van der Waals surface area contributed by atoms with Gasteiger partial charge in [0, 0.05) is 12.7 Å². The summed E-state index contributed by atoms with van der Waals surface area (Å²) >= 11 is 0. The summed E-state index contributed by atoms with van der Waals surface area (Å²) in [5.74, 6) is -1.42. The summed E-state index contributed by atoms with van der Waals surface area (Å²) < 4.78 is 49.8. The van der Waals surface area contributed by atoms with Crippen molar-refractivity contribution in [3.63, 3.8) is 0 Å². The second kappa shape index (κ2) is 5.12. The van der Waals surface area contributed by atoms with Gasteiger partial charge in [0.25, 0.3) is 0 Å². The van der Waals surface area contributed by atoms with E-state index in [-0.39, 0.29) is 17.5 Å². The number of halogens is 1. The van der Waals surface area contributed by atoms with Crippen LogP contribution in [0.1, 0.15) is 13.8 Å². The summed E-state index contributed by atoms with van der Waals surface area (Å²) in [5, 5.41) is 0. The van der Waals surface area contributed by atoms with Crippen LogP contribution in [0, 0.1) is 5.82 Å². The molecule has 1 saturated heterocycles. The van der Waals surface area contributed by atoms with Crippen LogP contribution in [-0.4, -0.2) is 38.4 Å². The standard InChI is InChI=1S/C11H15FN2O4S/c1-11(2)17-7-9(18-11)5-14-19(15,16)10-3-8(12)4-13-6-10/h3-4,6,9,14H,5,7H2,1-2H3. The monoisotopic (exact) mass is 290 g/mol. The molecule has 1 aliphatic heterocycles. The number of nitrogens with one attached hydrogen (secondary N) is 1. The fraction of sp³-hybridized carbons (Fsp3) is 0.545. The molecule has 0 bridgehead atoms. The maximum absolute atomic E-state index is 12.9. The van der Waals surface area contributed by atoms with Gasteiger partial charge in [-0.1, -0.05) is 0 Å². The van der Waals surface area contributed by atoms with Crippen molar-refractivity contribution in [2.45, 2.75) is 30.6 Å². The first-order valence-electron chi connectivity index (χ1n) is 5.70. The molecule has 1 aliphatic rings. The number of rotatable bonds is 4. The van der Waals surface area contributed by atoms with E-state index in [4.69, 9.17) is 9.47 Å². The van der Waals surface area contributed by atoms with Gasteiger partial charge >= 0.3 is 0 Å². The van der Waals surface area contributed by atoms with Crippen LogP contribution in [-0.2, 0) is 19.5 Å². The van der Waals surface area contributed by atoms with Crippen molar-refractivity contribution in [3.8, 4) is 0 Å². The summed E-state index contributed by atoms with van der Waals surface area (Å²) in [5.41, 5.74) is 0. The van der Waals surface area contributed by atoms with Crippen LogP contribution in [0.4, 0.5) is 4.39 Å². The van der Waals surface area contributed by atoms with Crippen LogP contribution in [0.3, 0.4) is 0 Å². The second-order valence-electron chi connectivity index (χ2n) is 4.64. The molecule has 19 heavy (non-hydrogen) atoms. The first-order chi connectivity index (χ1) is 8.78. The minimum Gasteiger partial charge on any atom is -0.348 e. The highest BCUT2D eigenvalue weighted by Gasteiger charge is 2.33. The Kier molecular flexibility index (Phi) is 3.86. The molecule has 1 aromatic rings. The van der Waals surface area contributed by atoms with Gasteiger partial charge < -0.3 is 9.47 Å². The SMILES string of the molecule is CC1(C)OCC(CNS(=O)(=O)c2cncc(F)c2)O1. The van der Waals surface area contributed by atoms with Gasteiger partial charge in [0.2, 0.25) is 10.0 Å². The van der Waals surface area contributed by atoms with Gasteiger partial charge in [0.05, 0.1) is 18.9 Å². The quantitative estimate of drug-likeness (QED) is 0.881. The molecule has 1 unspecified atom stereocenters. The zero-order valence-electron chi connectivity index (χ0n) is 10.6. The summed E-state index contributed by atoms with van der Waals surface area (Å²) in [6, 6.07) is 0.908. The van der Waals surface area contributed by atoms with Crippen molar-refractivity contribution < 1.29 is 22.3 Å². The molecule has 2 heterocycles. The fourth-order valence-electron chi connectivity index (χ4n) is 1.69. The Hall–Kier alpha value is -1.09. The molecule has 6 nitrogen and oxygen atoms in total. The molecule has 1 N–H and O–H groups in total. The third kappa shape index (κ3) is 3.69. The Morgan fingerprint density at radius 1 is 1.53 bits per heavy atom. The Morgan fingerprint density at radius 3 is 2.84 bits per heavy atom. The summed E-state index contributed by atoms with van der Waals surface area (Å²) in [7, 11) is -3.80. The predicted molar refractivity (Wildman–Crippen MR) is 64.3 cm³/mol. The molecule has 0 aromatic carbocycles. The van der Waals surface area contributed by atoms with Crippen molar-refractivity contribution in [3.05, 3.63) is 24.3 Å². The van der Waals surface area contributed by atoms with Crippen LogP contribution >= 0.6 is 0 Å². The summed E-state index contributed by atoms with van der Waals surface area (Å²) in [6.07, 6.45) is 1.66. The molecule has 0 radical (unpaired) electrons. The number of pyridine rings is 1. The fourth-order valence-corrected chi connectivity index (χ4v) is 2.73. The Labute approximate surface area is 111 Å². The molecule has 0 aliphatic carbocycles. The van der Waals surface area contributed by atoms with E-state index >= 15 is 0 Å². The van der Waals surface area contributed by atoms with E-state index in [1.807, 2.05) is 0 Å². The lowest BCUT2D eigenvalue weighted by atomic mass is 10.4. The van der Waals surface area contributed by atoms with Gasteiger partial charge in [-0.05, 0) is 19.9 Å². The largest absolute Gasteiger partial charge is 0.348 e. The molecule has 0 saturated carbocycles. The van der Waals surface area contributed by atoms with Crippen molar-refractivity contribution >= 4 is 10.0 Å². The smallest absolute Gasteiger partial charge is 0.242 e. The number of ether oxygens (including phenoxy) is 2. The molecule has 1 aromatic heterocycles. The second-order valence-corrected chi connectivity index (χ2v) is 6.41.